The Bertz CT molecular complexity index is 399. The molecule has 14 heavy (non-hydrogen) atoms. The molecule has 0 aromatic heterocycles. The van der Waals surface area contributed by atoms with E-state index in [1.165, 1.54) is 6.08 Å². The fraction of sp³-hybridized carbons (Fsp3) is 0. The predicted molar refractivity (Wildman–Crippen MR) is 60.8 cm³/mol. The van der Waals surface area contributed by atoms with Crippen molar-refractivity contribution in [1.82, 2.24) is 0 Å². The highest BCUT2D eigenvalue weighted by molar-refractivity contribution is 6.25. The van der Waals surface area contributed by atoms with Gasteiger partial charge in [0.15, 0.2) is 5.78 Å². The second-order valence-electron chi connectivity index (χ2n) is 2.84. The summed E-state index contributed by atoms with van der Waals surface area (Å²) in [6.45, 7) is 10.8. The van der Waals surface area contributed by atoms with Crippen molar-refractivity contribution in [2.24, 2.45) is 0 Å². The largest absolute Gasteiger partial charge is 0.289 e. The van der Waals surface area contributed by atoms with Gasteiger partial charge in [-0.3, -0.25) is 4.79 Å². The Morgan fingerprint density at radius 3 is 2.43 bits per heavy atom. The van der Waals surface area contributed by atoms with E-state index < -0.39 is 0 Å². The zero-order valence-electron chi connectivity index (χ0n) is 7.99. The molecule has 0 aliphatic rings. The van der Waals surface area contributed by atoms with Crippen LogP contribution < -0.4 is 0 Å². The zero-order chi connectivity index (χ0) is 10.6. The van der Waals surface area contributed by atoms with Gasteiger partial charge in [0.1, 0.15) is 0 Å². The van der Waals surface area contributed by atoms with Gasteiger partial charge in [0, 0.05) is 5.57 Å². The van der Waals surface area contributed by atoms with E-state index in [0.717, 1.165) is 11.1 Å². The van der Waals surface area contributed by atoms with Crippen LogP contribution in [0.25, 0.3) is 11.6 Å². The van der Waals surface area contributed by atoms with Gasteiger partial charge in [-0.1, -0.05) is 50.1 Å². The summed E-state index contributed by atoms with van der Waals surface area (Å²) in [6, 6.07) is 7.50. The maximum atomic E-state index is 11.3. The summed E-state index contributed by atoms with van der Waals surface area (Å²) in [7, 11) is 0. The van der Waals surface area contributed by atoms with Crippen LogP contribution in [0.1, 0.15) is 11.1 Å². The minimum Gasteiger partial charge on any atom is -0.289 e. The van der Waals surface area contributed by atoms with Crippen LogP contribution in [0.2, 0.25) is 0 Å². The molecule has 70 valence electrons. The standard InChI is InChI=1S/C13H12O/c1-4-11-8-6-7-9-12(11)10(3)13(14)5-2/h4-9H,1-3H2. The number of allylic oxidation sites excluding steroid dienone is 2. The molecule has 0 fully saturated rings. The number of hydrogen-bond donors (Lipinski definition) is 0. The zero-order valence-corrected chi connectivity index (χ0v) is 7.99. The average molecular weight is 184 g/mol. The molecule has 0 N–H and O–H groups in total. The smallest absolute Gasteiger partial charge is 0.185 e. The molecule has 0 saturated heterocycles. The fourth-order valence-corrected chi connectivity index (χ4v) is 1.21. The molecule has 0 aliphatic carbocycles. The minimum atomic E-state index is -0.153. The van der Waals surface area contributed by atoms with E-state index in [4.69, 9.17) is 0 Å². The van der Waals surface area contributed by atoms with Crippen molar-refractivity contribution in [3.05, 3.63) is 61.2 Å². The van der Waals surface area contributed by atoms with Crippen LogP contribution in [-0.2, 0) is 4.79 Å². The third kappa shape index (κ3) is 1.88. The van der Waals surface area contributed by atoms with Crippen LogP contribution >= 0.6 is 0 Å². The summed E-state index contributed by atoms with van der Waals surface area (Å²) >= 11 is 0. The number of rotatable bonds is 4. The summed E-state index contributed by atoms with van der Waals surface area (Å²) in [5.41, 5.74) is 2.18. The Kier molecular flexibility index (Phi) is 3.19. The van der Waals surface area contributed by atoms with E-state index in [-0.39, 0.29) is 5.78 Å². The molecule has 1 heteroatoms. The van der Waals surface area contributed by atoms with Crippen molar-refractivity contribution < 1.29 is 4.79 Å². The summed E-state index contributed by atoms with van der Waals surface area (Å²) in [4.78, 5) is 11.3. The third-order valence-corrected chi connectivity index (χ3v) is 1.99. The lowest BCUT2D eigenvalue weighted by molar-refractivity contribution is -0.109. The Balaban J connectivity index is 3.18. The van der Waals surface area contributed by atoms with Crippen molar-refractivity contribution in [2.75, 3.05) is 0 Å². The van der Waals surface area contributed by atoms with Gasteiger partial charge in [0.25, 0.3) is 0 Å². The van der Waals surface area contributed by atoms with Crippen molar-refractivity contribution >= 4 is 17.4 Å². The molecule has 0 spiro atoms. The number of hydrogen-bond acceptors (Lipinski definition) is 1. The highest BCUT2D eigenvalue weighted by Crippen LogP contribution is 2.19. The van der Waals surface area contributed by atoms with E-state index in [1.54, 1.807) is 6.08 Å². The number of benzene rings is 1. The van der Waals surface area contributed by atoms with Crippen LogP contribution in [0.3, 0.4) is 0 Å². The van der Waals surface area contributed by atoms with Crippen molar-refractivity contribution in [2.45, 2.75) is 0 Å². The molecule has 1 aromatic carbocycles. The maximum absolute atomic E-state index is 11.3. The van der Waals surface area contributed by atoms with Gasteiger partial charge < -0.3 is 0 Å². The van der Waals surface area contributed by atoms with Gasteiger partial charge >= 0.3 is 0 Å². The Labute approximate surface area is 84.1 Å². The Morgan fingerprint density at radius 2 is 1.86 bits per heavy atom. The first-order chi connectivity index (χ1) is 6.70. The predicted octanol–water partition coefficient (Wildman–Crippen LogP) is 3.10. The molecule has 0 aliphatic heterocycles. The Hall–Kier alpha value is -1.89. The van der Waals surface area contributed by atoms with E-state index in [2.05, 4.69) is 19.7 Å². The van der Waals surface area contributed by atoms with Crippen LogP contribution in [-0.4, -0.2) is 5.78 Å². The van der Waals surface area contributed by atoms with E-state index in [9.17, 15) is 4.79 Å². The lowest BCUT2D eigenvalue weighted by Gasteiger charge is -2.05. The SMILES string of the molecule is C=CC(=O)C(=C)c1ccccc1C=C. The van der Waals surface area contributed by atoms with E-state index in [1.807, 2.05) is 24.3 Å². The minimum absolute atomic E-state index is 0.153. The lowest BCUT2D eigenvalue weighted by atomic mass is 9.98. The van der Waals surface area contributed by atoms with Gasteiger partial charge in [0.05, 0.1) is 0 Å². The molecule has 0 atom stereocenters. The van der Waals surface area contributed by atoms with Crippen molar-refractivity contribution in [3.8, 4) is 0 Å². The number of ketones is 1. The molecule has 0 radical (unpaired) electrons. The molecule has 1 rings (SSSR count). The number of carbonyl (C=O) groups excluding carboxylic acids is 1. The molecule has 0 heterocycles. The first-order valence-corrected chi connectivity index (χ1v) is 4.28. The van der Waals surface area contributed by atoms with Gasteiger partial charge in [-0.15, -0.1) is 0 Å². The monoisotopic (exact) mass is 184 g/mol. The van der Waals surface area contributed by atoms with Crippen LogP contribution in [0, 0.1) is 0 Å². The highest BCUT2D eigenvalue weighted by Gasteiger charge is 2.07. The summed E-state index contributed by atoms with van der Waals surface area (Å²) in [5.74, 6) is -0.153. The quantitative estimate of drug-likeness (QED) is 0.657. The van der Waals surface area contributed by atoms with Gasteiger partial charge in [-0.2, -0.15) is 0 Å². The number of carbonyl (C=O) groups is 1. The average Bonchev–Trinajstić information content (AvgIpc) is 2.26. The molecule has 1 nitrogen and oxygen atoms in total. The second kappa shape index (κ2) is 4.38. The van der Waals surface area contributed by atoms with E-state index >= 15 is 0 Å². The highest BCUT2D eigenvalue weighted by atomic mass is 16.1. The third-order valence-electron chi connectivity index (χ3n) is 1.99. The van der Waals surface area contributed by atoms with E-state index in [0.29, 0.717) is 5.57 Å². The first-order valence-electron chi connectivity index (χ1n) is 4.28. The molecular weight excluding hydrogens is 172 g/mol. The van der Waals surface area contributed by atoms with Gasteiger partial charge in [-0.25, -0.2) is 0 Å². The lowest BCUT2D eigenvalue weighted by Crippen LogP contribution is -1.97. The van der Waals surface area contributed by atoms with Crippen LogP contribution in [0.5, 0.6) is 0 Å². The topological polar surface area (TPSA) is 17.1 Å². The molecule has 0 bridgehead atoms. The summed E-state index contributed by atoms with van der Waals surface area (Å²) in [6.07, 6.45) is 2.97. The van der Waals surface area contributed by atoms with Crippen LogP contribution in [0.4, 0.5) is 0 Å². The Morgan fingerprint density at radius 1 is 1.21 bits per heavy atom. The van der Waals surface area contributed by atoms with Crippen LogP contribution in [0.15, 0.2) is 50.1 Å². The first kappa shape index (κ1) is 10.2. The molecule has 0 saturated carbocycles. The van der Waals surface area contributed by atoms with Crippen molar-refractivity contribution in [3.63, 3.8) is 0 Å². The molecule has 1 aromatic rings. The second-order valence-corrected chi connectivity index (χ2v) is 2.84. The summed E-state index contributed by atoms with van der Waals surface area (Å²) in [5, 5.41) is 0. The molecular formula is C13H12O. The maximum Gasteiger partial charge on any atom is 0.185 e. The normalized spacial score (nSPS) is 9.14. The summed E-state index contributed by atoms with van der Waals surface area (Å²) < 4.78 is 0. The van der Waals surface area contributed by atoms with Crippen molar-refractivity contribution in [1.29, 1.82) is 0 Å². The van der Waals surface area contributed by atoms with Gasteiger partial charge in [0.2, 0.25) is 0 Å². The molecule has 0 unspecified atom stereocenters. The fourth-order valence-electron chi connectivity index (χ4n) is 1.21. The van der Waals surface area contributed by atoms with Gasteiger partial charge in [-0.05, 0) is 17.2 Å². The molecule has 0 amide bonds.